The molecule has 0 amide bonds. The van der Waals surface area contributed by atoms with Crippen LogP contribution in [-0.4, -0.2) is 11.8 Å². The fourth-order valence-corrected chi connectivity index (χ4v) is 13.0. The van der Waals surface area contributed by atoms with E-state index in [9.17, 15) is 0 Å². The summed E-state index contributed by atoms with van der Waals surface area (Å²) < 4.78 is 12.5. The first-order valence-electron chi connectivity index (χ1n) is 24.5. The van der Waals surface area contributed by atoms with Crippen LogP contribution in [0.5, 0.6) is 0 Å². The topological polar surface area (TPSA) is 30.1 Å². The summed E-state index contributed by atoms with van der Waals surface area (Å²) in [6.07, 6.45) is 0. The molecule has 1 aliphatic carbocycles. The standard InChI is InChI=1S/C63H57BN2OS/c1-60(2,3)34-20-24-37(25-21-34)65-48-32-46-41(38-26-22-36(62(7,8)9)29-45(38)63(46,10)11)30-43(48)54-55-40-17-12-14-18-51(40)67-59(55)56-44-28-35(61(4,5)6)23-27-49(44)66-50-33-53-42(31-47(50)64-57(54)58(56)66)39-16-13-15-19-52(39)68-53/h12-33,64-65H,1-11H3. The number of thiophene rings is 1. The van der Waals surface area contributed by atoms with Gasteiger partial charge in [-0.1, -0.05) is 160 Å². The number of nitrogens with zero attached hydrogens (tertiary/aromatic N) is 1. The number of hydrogen-bond donors (Lipinski definition) is 1. The van der Waals surface area contributed by atoms with Gasteiger partial charge in [0, 0.05) is 59.0 Å². The van der Waals surface area contributed by atoms with Crippen LogP contribution in [0.15, 0.2) is 138 Å². The first-order valence-corrected chi connectivity index (χ1v) is 25.3. The maximum absolute atomic E-state index is 7.29. The molecule has 1 N–H and O–H groups in total. The molecule has 0 spiro atoms. The van der Waals surface area contributed by atoms with Gasteiger partial charge in [-0.15, -0.1) is 11.3 Å². The average molecular weight is 901 g/mol. The lowest BCUT2D eigenvalue weighted by Gasteiger charge is -2.27. The minimum Gasteiger partial charge on any atom is -0.455 e. The molecule has 3 aromatic heterocycles. The highest BCUT2D eigenvalue weighted by Gasteiger charge is 2.39. The van der Waals surface area contributed by atoms with Gasteiger partial charge in [0.1, 0.15) is 11.2 Å². The highest BCUT2D eigenvalue weighted by Crippen LogP contribution is 2.55. The number of nitrogens with one attached hydrogen (secondary N) is 1. The van der Waals surface area contributed by atoms with Crippen LogP contribution >= 0.6 is 11.3 Å². The van der Waals surface area contributed by atoms with E-state index in [0.717, 1.165) is 35.2 Å². The Bertz CT molecular complexity index is 3990. The van der Waals surface area contributed by atoms with Gasteiger partial charge in [-0.05, 0) is 126 Å². The molecule has 0 bridgehead atoms. The van der Waals surface area contributed by atoms with Crippen molar-refractivity contribution < 1.29 is 4.42 Å². The SMILES string of the molecule is CC(C)(C)c1ccc(Nc2cc3c(cc2-c2c4c5c(c6cc(C(C)(C)C)ccc6n5-c5cc6sc7ccccc7c6cc5B4)c4oc5ccccc5c24)-c2ccc(C(C)(C)C)cc2C3(C)C)cc1. The third-order valence-electron chi connectivity index (χ3n) is 15.7. The first kappa shape index (κ1) is 41.6. The molecule has 0 saturated carbocycles. The Morgan fingerprint density at radius 2 is 1.22 bits per heavy atom. The summed E-state index contributed by atoms with van der Waals surface area (Å²) >= 11 is 1.90. The van der Waals surface area contributed by atoms with Gasteiger partial charge < -0.3 is 14.3 Å². The Balaban J connectivity index is 1.19. The molecule has 334 valence electrons. The Morgan fingerprint density at radius 1 is 0.559 bits per heavy atom. The van der Waals surface area contributed by atoms with Crippen LogP contribution in [0.4, 0.5) is 11.4 Å². The zero-order valence-electron chi connectivity index (χ0n) is 41.2. The van der Waals surface area contributed by atoms with Crippen molar-refractivity contribution in [3.05, 3.63) is 161 Å². The largest absolute Gasteiger partial charge is 0.455 e. The van der Waals surface area contributed by atoms with E-state index in [4.69, 9.17) is 4.42 Å². The fraction of sp³-hybridized carbons (Fsp3) is 0.238. The Labute approximate surface area is 404 Å². The maximum atomic E-state index is 7.29. The van der Waals surface area contributed by atoms with Crippen molar-refractivity contribution in [2.24, 2.45) is 0 Å². The Morgan fingerprint density at radius 3 is 1.97 bits per heavy atom. The van der Waals surface area contributed by atoms with Crippen molar-refractivity contribution >= 4 is 105 Å². The zero-order valence-corrected chi connectivity index (χ0v) is 42.0. The summed E-state index contributed by atoms with van der Waals surface area (Å²) in [7, 11) is 0.785. The van der Waals surface area contributed by atoms with E-state index < -0.39 is 0 Å². The Kier molecular flexibility index (Phi) is 8.44. The van der Waals surface area contributed by atoms with Crippen molar-refractivity contribution in [2.75, 3.05) is 5.32 Å². The minimum absolute atomic E-state index is 0.0340. The average Bonchev–Trinajstić information content (AvgIpc) is 4.02. The lowest BCUT2D eigenvalue weighted by atomic mass is 9.58. The lowest BCUT2D eigenvalue weighted by Crippen LogP contribution is -2.37. The van der Waals surface area contributed by atoms with E-state index in [1.165, 1.54) is 114 Å². The number of fused-ring (bicyclic) bond motifs is 15. The second-order valence-corrected chi connectivity index (χ2v) is 24.6. The van der Waals surface area contributed by atoms with Crippen LogP contribution in [0.1, 0.15) is 104 Å². The van der Waals surface area contributed by atoms with Gasteiger partial charge in [0.25, 0.3) is 0 Å². The van der Waals surface area contributed by atoms with Crippen molar-refractivity contribution in [1.82, 2.24) is 4.57 Å². The van der Waals surface area contributed by atoms with Gasteiger partial charge in [-0.2, -0.15) is 0 Å². The van der Waals surface area contributed by atoms with Crippen molar-refractivity contribution in [3.8, 4) is 27.9 Å². The number of hydrogen-bond acceptors (Lipinski definition) is 3. The molecule has 0 saturated heterocycles. The van der Waals surface area contributed by atoms with Crippen LogP contribution in [0.25, 0.3) is 91.9 Å². The highest BCUT2D eigenvalue weighted by molar-refractivity contribution is 7.25. The first-order chi connectivity index (χ1) is 32.3. The molecule has 4 heterocycles. The predicted octanol–water partition coefficient (Wildman–Crippen LogP) is 16.4. The van der Waals surface area contributed by atoms with E-state index in [0.29, 0.717) is 0 Å². The molecule has 0 unspecified atom stereocenters. The molecule has 68 heavy (non-hydrogen) atoms. The monoisotopic (exact) mass is 900 g/mol. The molecule has 8 aromatic carbocycles. The second-order valence-electron chi connectivity index (χ2n) is 23.5. The number of anilines is 2. The van der Waals surface area contributed by atoms with Crippen LogP contribution < -0.4 is 16.2 Å². The lowest BCUT2D eigenvalue weighted by molar-refractivity contribution is 0.584. The van der Waals surface area contributed by atoms with Crippen molar-refractivity contribution in [1.29, 1.82) is 0 Å². The summed E-state index contributed by atoms with van der Waals surface area (Å²) in [5, 5.41) is 11.5. The molecular weight excluding hydrogens is 844 g/mol. The minimum atomic E-state index is -0.211. The molecule has 5 heteroatoms. The van der Waals surface area contributed by atoms with Gasteiger partial charge in [0.05, 0.1) is 16.4 Å². The van der Waals surface area contributed by atoms with Crippen LogP contribution in [-0.2, 0) is 21.7 Å². The molecule has 11 aromatic rings. The van der Waals surface area contributed by atoms with E-state index in [2.05, 4.69) is 220 Å². The van der Waals surface area contributed by atoms with Crippen LogP contribution in [0.2, 0.25) is 0 Å². The van der Waals surface area contributed by atoms with Crippen LogP contribution in [0, 0.1) is 0 Å². The number of benzene rings is 8. The Hall–Kier alpha value is -6.56. The highest BCUT2D eigenvalue weighted by atomic mass is 32.1. The summed E-state index contributed by atoms with van der Waals surface area (Å²) in [4.78, 5) is 0. The summed E-state index contributed by atoms with van der Waals surface area (Å²) in [5.74, 6) is 0. The van der Waals surface area contributed by atoms with E-state index >= 15 is 0 Å². The molecule has 2 aliphatic rings. The summed E-state index contributed by atoms with van der Waals surface area (Å²) in [6.45, 7) is 25.6. The maximum Gasteiger partial charge on any atom is 0.198 e. The smallest absolute Gasteiger partial charge is 0.198 e. The number of aromatic nitrogens is 1. The van der Waals surface area contributed by atoms with Gasteiger partial charge in [-0.25, -0.2) is 0 Å². The third kappa shape index (κ3) is 5.90. The number of rotatable bonds is 3. The second kappa shape index (κ2) is 13.8. The van der Waals surface area contributed by atoms with E-state index in [1.807, 2.05) is 11.3 Å². The van der Waals surface area contributed by atoms with Crippen molar-refractivity contribution in [2.45, 2.75) is 97.8 Å². The summed E-state index contributed by atoms with van der Waals surface area (Å²) in [6, 6.07) is 51.2. The molecule has 0 fully saturated rings. The van der Waals surface area contributed by atoms with Gasteiger partial charge in [0.2, 0.25) is 0 Å². The summed E-state index contributed by atoms with van der Waals surface area (Å²) in [5.41, 5.74) is 22.1. The normalized spacial score (nSPS) is 14.3. The fourth-order valence-electron chi connectivity index (χ4n) is 11.8. The molecular formula is C63H57BN2OS. The third-order valence-corrected chi connectivity index (χ3v) is 16.8. The van der Waals surface area contributed by atoms with Gasteiger partial charge >= 0.3 is 0 Å². The molecule has 3 nitrogen and oxygen atoms in total. The van der Waals surface area contributed by atoms with Crippen molar-refractivity contribution in [3.63, 3.8) is 0 Å². The van der Waals surface area contributed by atoms with E-state index in [1.54, 1.807) is 0 Å². The quantitative estimate of drug-likeness (QED) is 0.179. The van der Waals surface area contributed by atoms with E-state index in [-0.39, 0.29) is 21.7 Å². The molecule has 1 aliphatic heterocycles. The number of furan rings is 1. The van der Waals surface area contributed by atoms with Gasteiger partial charge in [0.15, 0.2) is 7.28 Å². The molecule has 0 atom stereocenters. The van der Waals surface area contributed by atoms with Gasteiger partial charge in [-0.3, -0.25) is 0 Å². The van der Waals surface area contributed by atoms with Crippen LogP contribution in [0.3, 0.4) is 0 Å². The number of para-hydroxylation sites is 1. The predicted molar refractivity (Wildman–Crippen MR) is 296 cm³/mol. The zero-order chi connectivity index (χ0) is 47.0. The molecule has 0 radical (unpaired) electrons. The molecule has 13 rings (SSSR count).